The van der Waals surface area contributed by atoms with E-state index in [1.54, 1.807) is 7.11 Å². The molecular weight excluding hydrogens is 287 g/mol. The number of alkyl halides is 1. The second kappa shape index (κ2) is 5.42. The summed E-state index contributed by atoms with van der Waals surface area (Å²) >= 11 is 9.78. The van der Waals surface area contributed by atoms with E-state index in [0.29, 0.717) is 10.7 Å². The largest absolute Gasteiger partial charge is 0.496 e. The molecule has 1 aliphatic rings. The Bertz CT molecular complexity index is 367. The molecule has 0 N–H and O–H groups in total. The van der Waals surface area contributed by atoms with Crippen LogP contribution in [0.3, 0.4) is 0 Å². The second-order valence-electron chi connectivity index (χ2n) is 4.37. The molecule has 0 aromatic heterocycles. The van der Waals surface area contributed by atoms with Gasteiger partial charge in [-0.2, -0.15) is 0 Å². The number of ether oxygens (including phenoxy) is 1. The van der Waals surface area contributed by atoms with E-state index < -0.39 is 0 Å². The minimum Gasteiger partial charge on any atom is -0.496 e. The van der Waals surface area contributed by atoms with Crippen LogP contribution in [0.5, 0.6) is 5.75 Å². The molecule has 1 saturated carbocycles. The van der Waals surface area contributed by atoms with Crippen molar-refractivity contribution in [2.45, 2.75) is 30.5 Å². The van der Waals surface area contributed by atoms with Crippen LogP contribution in [0.1, 0.15) is 24.8 Å². The maximum Gasteiger partial charge on any atom is 0.122 e. The summed E-state index contributed by atoms with van der Waals surface area (Å²) in [6.45, 7) is 0. The van der Waals surface area contributed by atoms with Gasteiger partial charge in [-0.15, -0.1) is 0 Å². The molecule has 16 heavy (non-hydrogen) atoms. The first-order chi connectivity index (χ1) is 7.70. The molecule has 0 bridgehead atoms. The molecule has 0 spiro atoms. The van der Waals surface area contributed by atoms with Crippen molar-refractivity contribution in [2.75, 3.05) is 7.11 Å². The van der Waals surface area contributed by atoms with Crippen molar-refractivity contribution in [3.05, 3.63) is 28.8 Å². The van der Waals surface area contributed by atoms with Gasteiger partial charge in [-0.25, -0.2) is 0 Å². The second-order valence-corrected chi connectivity index (χ2v) is 5.98. The average Bonchev–Trinajstić information content (AvgIpc) is 2.65. The Kier molecular flexibility index (Phi) is 4.15. The Morgan fingerprint density at radius 2 is 2.25 bits per heavy atom. The maximum atomic E-state index is 6.03. The van der Waals surface area contributed by atoms with Crippen molar-refractivity contribution in [1.29, 1.82) is 0 Å². The third-order valence-electron chi connectivity index (χ3n) is 3.29. The van der Waals surface area contributed by atoms with Gasteiger partial charge < -0.3 is 4.74 Å². The summed E-state index contributed by atoms with van der Waals surface area (Å²) in [5, 5.41) is 0.792. The van der Waals surface area contributed by atoms with E-state index in [0.717, 1.165) is 17.2 Å². The van der Waals surface area contributed by atoms with E-state index in [-0.39, 0.29) is 0 Å². The first-order valence-corrected chi connectivity index (χ1v) is 6.96. The quantitative estimate of drug-likeness (QED) is 0.749. The summed E-state index contributed by atoms with van der Waals surface area (Å²) in [5.41, 5.74) is 1.23. The lowest BCUT2D eigenvalue weighted by atomic mass is 9.97. The number of rotatable bonds is 3. The highest BCUT2D eigenvalue weighted by Gasteiger charge is 2.25. The molecule has 88 valence electrons. The maximum absolute atomic E-state index is 6.03. The zero-order valence-electron chi connectivity index (χ0n) is 9.38. The minimum atomic E-state index is 0.649. The standard InChI is InChI=1S/C13H16BrClO/c1-16-13-6-5-11(15)8-10(13)7-9-3-2-4-12(9)14/h5-6,8-9,12H,2-4,7H2,1H3. The highest BCUT2D eigenvalue weighted by molar-refractivity contribution is 9.09. The summed E-state index contributed by atoms with van der Waals surface area (Å²) in [6.07, 6.45) is 4.96. The molecule has 1 nitrogen and oxygen atoms in total. The SMILES string of the molecule is COc1ccc(Cl)cc1CC1CCCC1Br. The van der Waals surface area contributed by atoms with E-state index in [9.17, 15) is 0 Å². The first kappa shape index (κ1) is 12.3. The van der Waals surface area contributed by atoms with Crippen molar-refractivity contribution >= 4 is 27.5 Å². The van der Waals surface area contributed by atoms with Gasteiger partial charge in [0.25, 0.3) is 0 Å². The molecule has 0 aliphatic heterocycles. The van der Waals surface area contributed by atoms with Crippen LogP contribution in [0, 0.1) is 5.92 Å². The highest BCUT2D eigenvalue weighted by Crippen LogP contribution is 2.36. The van der Waals surface area contributed by atoms with Crippen LogP contribution in [-0.4, -0.2) is 11.9 Å². The van der Waals surface area contributed by atoms with Crippen LogP contribution in [0.15, 0.2) is 18.2 Å². The Labute approximate surface area is 110 Å². The van der Waals surface area contributed by atoms with Crippen molar-refractivity contribution < 1.29 is 4.74 Å². The smallest absolute Gasteiger partial charge is 0.122 e. The van der Waals surface area contributed by atoms with Gasteiger partial charge in [-0.05, 0) is 48.9 Å². The number of benzene rings is 1. The normalized spacial score (nSPS) is 24.7. The number of halogens is 2. The molecular formula is C13H16BrClO. The Morgan fingerprint density at radius 3 is 2.88 bits per heavy atom. The minimum absolute atomic E-state index is 0.649. The molecule has 2 atom stereocenters. The summed E-state index contributed by atoms with van der Waals surface area (Å²) < 4.78 is 5.37. The number of hydrogen-bond acceptors (Lipinski definition) is 1. The van der Waals surface area contributed by atoms with Gasteiger partial charge >= 0.3 is 0 Å². The highest BCUT2D eigenvalue weighted by atomic mass is 79.9. The van der Waals surface area contributed by atoms with Crippen LogP contribution in [-0.2, 0) is 6.42 Å². The molecule has 3 heteroatoms. The summed E-state index contributed by atoms with van der Waals surface area (Å²) in [6, 6.07) is 5.86. The zero-order valence-corrected chi connectivity index (χ0v) is 11.7. The molecule has 2 rings (SSSR count). The van der Waals surface area contributed by atoms with E-state index in [1.165, 1.54) is 24.8 Å². The molecule has 2 unspecified atom stereocenters. The van der Waals surface area contributed by atoms with Crippen LogP contribution in [0.2, 0.25) is 5.02 Å². The van der Waals surface area contributed by atoms with Crippen LogP contribution >= 0.6 is 27.5 Å². The number of hydrogen-bond donors (Lipinski definition) is 0. The van der Waals surface area contributed by atoms with E-state index in [2.05, 4.69) is 15.9 Å². The Morgan fingerprint density at radius 1 is 1.44 bits per heavy atom. The molecule has 0 amide bonds. The van der Waals surface area contributed by atoms with Crippen LogP contribution < -0.4 is 4.74 Å². The third-order valence-corrected chi connectivity index (χ3v) is 4.73. The molecule has 0 radical (unpaired) electrons. The van der Waals surface area contributed by atoms with Crippen molar-refractivity contribution in [3.8, 4) is 5.75 Å². The van der Waals surface area contributed by atoms with E-state index >= 15 is 0 Å². The van der Waals surface area contributed by atoms with Gasteiger partial charge in [0.05, 0.1) is 7.11 Å². The van der Waals surface area contributed by atoms with Gasteiger partial charge in [0, 0.05) is 9.85 Å². The molecule has 1 fully saturated rings. The topological polar surface area (TPSA) is 9.23 Å². The predicted molar refractivity (Wildman–Crippen MR) is 71.8 cm³/mol. The van der Waals surface area contributed by atoms with Gasteiger partial charge in [-0.3, -0.25) is 0 Å². The van der Waals surface area contributed by atoms with Gasteiger partial charge in [0.15, 0.2) is 0 Å². The fraction of sp³-hybridized carbons (Fsp3) is 0.538. The Hall–Kier alpha value is -0.210. The van der Waals surface area contributed by atoms with Crippen LogP contribution in [0.25, 0.3) is 0 Å². The lowest BCUT2D eigenvalue weighted by Crippen LogP contribution is -2.10. The molecule has 1 aromatic rings. The molecule has 1 aromatic carbocycles. The molecule has 1 aliphatic carbocycles. The van der Waals surface area contributed by atoms with E-state index in [4.69, 9.17) is 16.3 Å². The zero-order chi connectivity index (χ0) is 11.5. The Balaban J connectivity index is 2.16. The fourth-order valence-corrected chi connectivity index (χ4v) is 3.38. The number of methoxy groups -OCH3 is 1. The third kappa shape index (κ3) is 2.72. The monoisotopic (exact) mass is 302 g/mol. The summed E-state index contributed by atoms with van der Waals surface area (Å²) in [5.74, 6) is 1.67. The fourth-order valence-electron chi connectivity index (χ4n) is 2.41. The van der Waals surface area contributed by atoms with Crippen molar-refractivity contribution in [2.24, 2.45) is 5.92 Å². The van der Waals surface area contributed by atoms with E-state index in [1.807, 2.05) is 18.2 Å². The average molecular weight is 304 g/mol. The van der Waals surface area contributed by atoms with Gasteiger partial charge in [0.2, 0.25) is 0 Å². The van der Waals surface area contributed by atoms with Crippen molar-refractivity contribution in [1.82, 2.24) is 0 Å². The predicted octanol–water partition coefficient (Wildman–Crippen LogP) is 4.45. The van der Waals surface area contributed by atoms with Gasteiger partial charge in [-0.1, -0.05) is 34.0 Å². The van der Waals surface area contributed by atoms with Crippen molar-refractivity contribution in [3.63, 3.8) is 0 Å². The lowest BCUT2D eigenvalue weighted by molar-refractivity contribution is 0.405. The molecule has 0 saturated heterocycles. The van der Waals surface area contributed by atoms with Gasteiger partial charge in [0.1, 0.15) is 5.75 Å². The van der Waals surface area contributed by atoms with Crippen LogP contribution in [0.4, 0.5) is 0 Å². The summed E-state index contributed by atoms with van der Waals surface area (Å²) in [7, 11) is 1.72. The summed E-state index contributed by atoms with van der Waals surface area (Å²) in [4.78, 5) is 0.649. The lowest BCUT2D eigenvalue weighted by Gasteiger charge is -2.16. The molecule has 0 heterocycles. The first-order valence-electron chi connectivity index (χ1n) is 5.67.